The average molecular weight is 177 g/mol. The summed E-state index contributed by atoms with van der Waals surface area (Å²) in [5.74, 6) is 4.44. The van der Waals surface area contributed by atoms with Crippen molar-refractivity contribution in [1.82, 2.24) is 10.6 Å². The van der Waals surface area contributed by atoms with Crippen LogP contribution in [-0.2, 0) is 9.63 Å². The highest BCUT2D eigenvalue weighted by atomic mass is 16.6. The van der Waals surface area contributed by atoms with Gasteiger partial charge in [0.1, 0.15) is 12.8 Å². The summed E-state index contributed by atoms with van der Waals surface area (Å²) < 4.78 is 0. The molecule has 0 aromatic carbocycles. The Morgan fingerprint density at radius 1 is 1.75 bits per heavy atom. The second-order valence-electron chi connectivity index (χ2n) is 2.35. The second-order valence-corrected chi connectivity index (χ2v) is 2.35. The lowest BCUT2D eigenvalue weighted by Crippen LogP contribution is -2.50. The molecule has 0 heterocycles. The van der Waals surface area contributed by atoms with Crippen LogP contribution in [0.5, 0.6) is 0 Å². The molecule has 0 bridgehead atoms. The number of hydrogen-bond donors (Lipinski definition) is 4. The van der Waals surface area contributed by atoms with Crippen LogP contribution in [0.1, 0.15) is 6.92 Å². The fourth-order valence-electron chi connectivity index (χ4n) is 0.776. The normalized spacial score (nSPS) is 15.3. The SMILES string of the molecule is CNC(=O)[C@@H](NCON)[C@@H](C)O. The molecule has 0 spiro atoms. The number of amides is 1. The van der Waals surface area contributed by atoms with Crippen LogP contribution in [-0.4, -0.2) is 36.9 Å². The van der Waals surface area contributed by atoms with Crippen LogP contribution in [0.15, 0.2) is 0 Å². The number of aliphatic hydroxyl groups excluding tert-OH is 1. The number of rotatable bonds is 5. The molecule has 0 radical (unpaired) electrons. The Balaban J connectivity index is 3.95. The molecular weight excluding hydrogens is 162 g/mol. The number of likely N-dealkylation sites (N-methyl/N-ethyl adjacent to an activating group) is 1. The third-order valence-electron chi connectivity index (χ3n) is 1.40. The average Bonchev–Trinajstić information content (AvgIpc) is 2.04. The summed E-state index contributed by atoms with van der Waals surface area (Å²) in [6.45, 7) is 1.52. The van der Waals surface area contributed by atoms with Crippen LogP contribution >= 0.6 is 0 Å². The Hall–Kier alpha value is -0.690. The van der Waals surface area contributed by atoms with E-state index in [9.17, 15) is 4.79 Å². The van der Waals surface area contributed by atoms with E-state index in [1.807, 2.05) is 0 Å². The largest absolute Gasteiger partial charge is 0.391 e. The van der Waals surface area contributed by atoms with E-state index >= 15 is 0 Å². The predicted molar refractivity (Wildman–Crippen MR) is 42.8 cm³/mol. The summed E-state index contributed by atoms with van der Waals surface area (Å²) in [5, 5.41) is 14.1. The Morgan fingerprint density at radius 3 is 2.67 bits per heavy atom. The van der Waals surface area contributed by atoms with Gasteiger partial charge >= 0.3 is 0 Å². The molecule has 0 aromatic heterocycles. The standard InChI is InChI=1S/C6H15N3O3/c1-4(10)5(6(11)8-2)9-3-12-7/h4-5,9-10H,3,7H2,1-2H3,(H,8,11)/t4-,5+/m1/s1. The van der Waals surface area contributed by atoms with E-state index < -0.39 is 12.1 Å². The molecule has 6 heteroatoms. The highest BCUT2D eigenvalue weighted by molar-refractivity contribution is 5.81. The van der Waals surface area contributed by atoms with Gasteiger partial charge in [-0.2, -0.15) is 0 Å². The van der Waals surface area contributed by atoms with Gasteiger partial charge in [0.15, 0.2) is 0 Å². The lowest BCUT2D eigenvalue weighted by molar-refractivity contribution is -0.125. The van der Waals surface area contributed by atoms with Crippen LogP contribution in [0.25, 0.3) is 0 Å². The topological polar surface area (TPSA) is 96.6 Å². The minimum Gasteiger partial charge on any atom is -0.391 e. The zero-order chi connectivity index (χ0) is 9.56. The van der Waals surface area contributed by atoms with E-state index in [1.54, 1.807) is 0 Å². The maximum Gasteiger partial charge on any atom is 0.239 e. The molecule has 12 heavy (non-hydrogen) atoms. The third-order valence-corrected chi connectivity index (χ3v) is 1.40. The number of hydrogen-bond acceptors (Lipinski definition) is 5. The first-order chi connectivity index (χ1) is 5.63. The van der Waals surface area contributed by atoms with Gasteiger partial charge in [-0.25, -0.2) is 5.90 Å². The third kappa shape index (κ3) is 3.63. The lowest BCUT2D eigenvalue weighted by atomic mass is 10.2. The first kappa shape index (κ1) is 11.3. The Labute approximate surface area is 71.0 Å². The lowest BCUT2D eigenvalue weighted by Gasteiger charge is -2.18. The molecule has 0 rings (SSSR count). The number of nitrogens with two attached hydrogens (primary N) is 1. The Kier molecular flexibility index (Phi) is 5.56. The molecule has 0 unspecified atom stereocenters. The molecule has 72 valence electrons. The highest BCUT2D eigenvalue weighted by Crippen LogP contribution is 1.91. The zero-order valence-corrected chi connectivity index (χ0v) is 7.20. The molecule has 6 nitrogen and oxygen atoms in total. The van der Waals surface area contributed by atoms with Crippen LogP contribution in [0, 0.1) is 0 Å². The van der Waals surface area contributed by atoms with E-state index in [1.165, 1.54) is 14.0 Å². The van der Waals surface area contributed by atoms with Crippen molar-refractivity contribution in [3.8, 4) is 0 Å². The summed E-state index contributed by atoms with van der Waals surface area (Å²) in [4.78, 5) is 15.2. The van der Waals surface area contributed by atoms with E-state index in [-0.39, 0.29) is 12.6 Å². The Bertz CT molecular complexity index is 140. The number of carbonyl (C=O) groups is 1. The fraction of sp³-hybridized carbons (Fsp3) is 0.833. The number of carbonyl (C=O) groups excluding carboxylic acids is 1. The molecule has 1 amide bonds. The van der Waals surface area contributed by atoms with E-state index in [2.05, 4.69) is 15.5 Å². The van der Waals surface area contributed by atoms with Gasteiger partial charge in [-0.3, -0.25) is 14.9 Å². The molecule has 0 fully saturated rings. The van der Waals surface area contributed by atoms with Crippen LogP contribution in [0.3, 0.4) is 0 Å². The summed E-state index contributed by atoms with van der Waals surface area (Å²) in [7, 11) is 1.49. The predicted octanol–water partition coefficient (Wildman–Crippen LogP) is -2.08. The van der Waals surface area contributed by atoms with Gasteiger partial charge in [-0.15, -0.1) is 0 Å². The molecule has 0 saturated heterocycles. The van der Waals surface area contributed by atoms with E-state index in [4.69, 9.17) is 11.0 Å². The van der Waals surface area contributed by atoms with Crippen molar-refractivity contribution in [2.75, 3.05) is 13.8 Å². The van der Waals surface area contributed by atoms with E-state index in [0.29, 0.717) is 0 Å². The fourth-order valence-corrected chi connectivity index (χ4v) is 0.776. The van der Waals surface area contributed by atoms with Gasteiger partial charge in [0.25, 0.3) is 0 Å². The summed E-state index contributed by atoms with van der Waals surface area (Å²) in [6.07, 6.45) is -0.792. The van der Waals surface area contributed by atoms with Crippen LogP contribution in [0.4, 0.5) is 0 Å². The van der Waals surface area contributed by atoms with Crippen LogP contribution in [0.2, 0.25) is 0 Å². The maximum atomic E-state index is 11.0. The molecule has 0 aliphatic rings. The van der Waals surface area contributed by atoms with Crippen molar-refractivity contribution in [1.29, 1.82) is 0 Å². The monoisotopic (exact) mass is 177 g/mol. The Morgan fingerprint density at radius 2 is 2.33 bits per heavy atom. The van der Waals surface area contributed by atoms with Crippen molar-refractivity contribution < 1.29 is 14.7 Å². The van der Waals surface area contributed by atoms with Crippen molar-refractivity contribution >= 4 is 5.91 Å². The van der Waals surface area contributed by atoms with Gasteiger partial charge in [-0.1, -0.05) is 0 Å². The molecule has 0 saturated carbocycles. The number of nitrogens with one attached hydrogen (secondary N) is 2. The molecule has 0 aliphatic heterocycles. The zero-order valence-electron chi connectivity index (χ0n) is 7.20. The van der Waals surface area contributed by atoms with Gasteiger partial charge in [0.2, 0.25) is 5.91 Å². The first-order valence-electron chi connectivity index (χ1n) is 3.58. The van der Waals surface area contributed by atoms with Crippen molar-refractivity contribution in [2.45, 2.75) is 19.1 Å². The molecular formula is C6H15N3O3. The smallest absolute Gasteiger partial charge is 0.239 e. The van der Waals surface area contributed by atoms with Crippen LogP contribution < -0.4 is 16.5 Å². The molecule has 0 aliphatic carbocycles. The van der Waals surface area contributed by atoms with Gasteiger partial charge in [0, 0.05) is 7.05 Å². The first-order valence-corrected chi connectivity index (χ1v) is 3.58. The second kappa shape index (κ2) is 5.90. The van der Waals surface area contributed by atoms with Crippen molar-refractivity contribution in [3.63, 3.8) is 0 Å². The summed E-state index contributed by atoms with van der Waals surface area (Å²) in [5.41, 5.74) is 0. The summed E-state index contributed by atoms with van der Waals surface area (Å²) in [6, 6.07) is -0.696. The number of aliphatic hydroxyl groups is 1. The van der Waals surface area contributed by atoms with E-state index in [0.717, 1.165) is 0 Å². The quantitative estimate of drug-likeness (QED) is 0.285. The van der Waals surface area contributed by atoms with Crippen molar-refractivity contribution in [2.24, 2.45) is 5.90 Å². The van der Waals surface area contributed by atoms with Gasteiger partial charge in [0.05, 0.1) is 6.10 Å². The minimum atomic E-state index is -0.792. The highest BCUT2D eigenvalue weighted by Gasteiger charge is 2.21. The van der Waals surface area contributed by atoms with Crippen molar-refractivity contribution in [3.05, 3.63) is 0 Å². The molecule has 5 N–H and O–H groups in total. The maximum absolute atomic E-state index is 11.0. The van der Waals surface area contributed by atoms with Gasteiger partial charge in [-0.05, 0) is 6.92 Å². The molecule has 0 aromatic rings. The van der Waals surface area contributed by atoms with Gasteiger partial charge < -0.3 is 10.4 Å². The summed E-state index contributed by atoms with van der Waals surface area (Å²) >= 11 is 0. The minimum absolute atomic E-state index is 0.0169. The molecule has 2 atom stereocenters.